The molecule has 16 heavy (non-hydrogen) atoms. The molecule has 1 aromatic heterocycles. The summed E-state index contributed by atoms with van der Waals surface area (Å²) in [5.41, 5.74) is 2.16. The van der Waals surface area contributed by atoms with E-state index in [0.717, 1.165) is 21.0 Å². The lowest BCUT2D eigenvalue weighted by molar-refractivity contribution is 0.415. The lowest BCUT2D eigenvalue weighted by atomic mass is 10.2. The summed E-state index contributed by atoms with van der Waals surface area (Å²) in [6, 6.07) is 7.90. The van der Waals surface area contributed by atoms with Gasteiger partial charge in [-0.05, 0) is 36.0 Å². The molecule has 1 heterocycles. The fourth-order valence-electron chi connectivity index (χ4n) is 1.28. The van der Waals surface area contributed by atoms with Crippen molar-refractivity contribution in [1.82, 2.24) is 4.98 Å². The van der Waals surface area contributed by atoms with Crippen LogP contribution in [0.2, 0.25) is 0 Å². The largest absolute Gasteiger partial charge is 0.497 e. The average Bonchev–Trinajstić information content (AvgIpc) is 2.73. The highest BCUT2D eigenvalue weighted by Crippen LogP contribution is 2.14. The second-order valence-electron chi connectivity index (χ2n) is 3.21. The Balaban J connectivity index is 2.14. The van der Waals surface area contributed by atoms with Crippen LogP contribution in [0.25, 0.3) is 12.2 Å². The van der Waals surface area contributed by atoms with Crippen LogP contribution >= 0.6 is 23.6 Å². The Morgan fingerprint density at radius 3 is 2.56 bits per heavy atom. The van der Waals surface area contributed by atoms with E-state index in [1.54, 1.807) is 7.11 Å². The maximum Gasteiger partial charge on any atom is 0.158 e. The maximum atomic E-state index is 5.09. The molecule has 0 bridgehead atoms. The fraction of sp³-hybridized carbons (Fsp3) is 0.0833. The molecule has 0 aliphatic heterocycles. The summed E-state index contributed by atoms with van der Waals surface area (Å²) >= 11 is 6.54. The van der Waals surface area contributed by atoms with E-state index in [4.69, 9.17) is 17.0 Å². The molecule has 2 rings (SSSR count). The highest BCUT2D eigenvalue weighted by molar-refractivity contribution is 7.73. The Hall–Kier alpha value is -1.39. The molecule has 2 aromatic rings. The van der Waals surface area contributed by atoms with Crippen molar-refractivity contribution < 1.29 is 4.74 Å². The molecular formula is C12H11NOS2. The first-order valence-electron chi connectivity index (χ1n) is 4.78. The zero-order valence-corrected chi connectivity index (χ0v) is 10.4. The number of rotatable bonds is 3. The highest BCUT2D eigenvalue weighted by atomic mass is 32.1. The molecule has 1 aromatic carbocycles. The number of nitrogens with one attached hydrogen (secondary N) is 1. The van der Waals surface area contributed by atoms with E-state index in [0.29, 0.717) is 0 Å². The third-order valence-corrected chi connectivity index (χ3v) is 3.19. The SMILES string of the molecule is COc1ccc(C=Cc2csc(=S)[nH]2)cc1. The summed E-state index contributed by atoms with van der Waals surface area (Å²) in [4.78, 5) is 3.09. The number of hydrogen-bond donors (Lipinski definition) is 1. The van der Waals surface area contributed by atoms with Gasteiger partial charge in [0.25, 0.3) is 0 Å². The van der Waals surface area contributed by atoms with Gasteiger partial charge in [-0.2, -0.15) is 0 Å². The number of aromatic amines is 1. The first-order chi connectivity index (χ1) is 7.78. The van der Waals surface area contributed by atoms with Gasteiger partial charge in [0.2, 0.25) is 0 Å². The van der Waals surface area contributed by atoms with E-state index in [-0.39, 0.29) is 0 Å². The molecule has 1 N–H and O–H groups in total. The fourth-order valence-corrected chi connectivity index (χ4v) is 2.09. The summed E-state index contributed by atoms with van der Waals surface area (Å²) in [6.45, 7) is 0. The normalized spacial score (nSPS) is 10.8. The van der Waals surface area contributed by atoms with Gasteiger partial charge in [-0.25, -0.2) is 0 Å². The molecule has 0 radical (unpaired) electrons. The van der Waals surface area contributed by atoms with Crippen molar-refractivity contribution in [3.63, 3.8) is 0 Å². The van der Waals surface area contributed by atoms with Crippen molar-refractivity contribution >= 4 is 35.7 Å². The molecule has 0 saturated heterocycles. The van der Waals surface area contributed by atoms with Crippen molar-refractivity contribution in [1.29, 1.82) is 0 Å². The summed E-state index contributed by atoms with van der Waals surface area (Å²) in [7, 11) is 1.66. The van der Waals surface area contributed by atoms with Gasteiger partial charge in [0.1, 0.15) is 5.75 Å². The third kappa shape index (κ3) is 2.81. The Labute approximate surface area is 103 Å². The standard InChI is InChI=1S/C12H11NOS2/c1-14-11-6-3-9(4-7-11)2-5-10-8-16-12(15)13-10/h2-8H,1H3,(H,13,15). The van der Waals surface area contributed by atoms with Gasteiger partial charge in [-0.3, -0.25) is 0 Å². The van der Waals surface area contributed by atoms with Crippen molar-refractivity contribution in [2.75, 3.05) is 7.11 Å². The molecule has 0 aliphatic carbocycles. The lowest BCUT2D eigenvalue weighted by Crippen LogP contribution is -1.81. The first kappa shape index (κ1) is 11.1. The number of ether oxygens (including phenoxy) is 1. The van der Waals surface area contributed by atoms with Crippen LogP contribution < -0.4 is 4.74 Å². The topological polar surface area (TPSA) is 25.0 Å². The Kier molecular flexibility index (Phi) is 3.54. The molecule has 4 heteroatoms. The zero-order valence-electron chi connectivity index (χ0n) is 8.77. The van der Waals surface area contributed by atoms with Crippen LogP contribution in [0.3, 0.4) is 0 Å². The summed E-state index contributed by atoms with van der Waals surface area (Å²) in [5, 5.41) is 2.00. The molecule has 0 fully saturated rings. The Morgan fingerprint density at radius 1 is 1.25 bits per heavy atom. The van der Waals surface area contributed by atoms with Crippen LogP contribution in [-0.4, -0.2) is 12.1 Å². The van der Waals surface area contributed by atoms with Crippen molar-refractivity contribution in [3.05, 3.63) is 44.9 Å². The second kappa shape index (κ2) is 5.09. The van der Waals surface area contributed by atoms with E-state index in [1.165, 1.54) is 11.3 Å². The van der Waals surface area contributed by atoms with Crippen molar-refractivity contribution in [2.24, 2.45) is 0 Å². The zero-order chi connectivity index (χ0) is 11.4. The van der Waals surface area contributed by atoms with Gasteiger partial charge < -0.3 is 9.72 Å². The average molecular weight is 249 g/mol. The molecule has 2 nitrogen and oxygen atoms in total. The Bertz CT molecular complexity index is 537. The number of benzene rings is 1. The molecule has 0 atom stereocenters. The Morgan fingerprint density at radius 2 is 2.00 bits per heavy atom. The number of aromatic nitrogens is 1. The van der Waals surface area contributed by atoms with Crippen molar-refractivity contribution in [2.45, 2.75) is 0 Å². The van der Waals surface area contributed by atoms with Gasteiger partial charge in [-0.15, -0.1) is 11.3 Å². The van der Waals surface area contributed by atoms with Crippen LogP contribution in [0.15, 0.2) is 29.6 Å². The molecule has 0 saturated carbocycles. The summed E-state index contributed by atoms with van der Waals surface area (Å²) in [6.07, 6.45) is 4.04. The van der Waals surface area contributed by atoms with Gasteiger partial charge in [0, 0.05) is 11.1 Å². The number of H-pyrrole nitrogens is 1. The molecule has 0 spiro atoms. The molecule has 0 unspecified atom stereocenters. The molecule has 0 amide bonds. The van der Waals surface area contributed by atoms with Gasteiger partial charge >= 0.3 is 0 Å². The van der Waals surface area contributed by atoms with E-state index < -0.39 is 0 Å². The minimum Gasteiger partial charge on any atom is -0.497 e. The van der Waals surface area contributed by atoms with E-state index in [9.17, 15) is 0 Å². The van der Waals surface area contributed by atoms with Crippen LogP contribution in [0.4, 0.5) is 0 Å². The lowest BCUT2D eigenvalue weighted by Gasteiger charge is -1.98. The predicted octanol–water partition coefficient (Wildman–Crippen LogP) is 3.98. The smallest absolute Gasteiger partial charge is 0.158 e. The monoisotopic (exact) mass is 249 g/mol. The maximum absolute atomic E-state index is 5.09. The quantitative estimate of drug-likeness (QED) is 0.832. The number of hydrogen-bond acceptors (Lipinski definition) is 3. The number of thiazole rings is 1. The minimum atomic E-state index is 0.800. The van der Waals surface area contributed by atoms with Gasteiger partial charge in [-0.1, -0.05) is 18.2 Å². The summed E-state index contributed by atoms with van der Waals surface area (Å²) in [5.74, 6) is 0.868. The first-order valence-corrected chi connectivity index (χ1v) is 6.06. The minimum absolute atomic E-state index is 0.800. The summed E-state index contributed by atoms with van der Waals surface area (Å²) < 4.78 is 5.89. The molecular weight excluding hydrogens is 238 g/mol. The van der Waals surface area contributed by atoms with E-state index >= 15 is 0 Å². The molecule has 0 aliphatic rings. The number of methoxy groups -OCH3 is 1. The van der Waals surface area contributed by atoms with Gasteiger partial charge in [0.05, 0.1) is 7.11 Å². The van der Waals surface area contributed by atoms with Crippen LogP contribution in [-0.2, 0) is 0 Å². The van der Waals surface area contributed by atoms with Crippen LogP contribution in [0.1, 0.15) is 11.3 Å². The molecule has 82 valence electrons. The van der Waals surface area contributed by atoms with Crippen LogP contribution in [0.5, 0.6) is 5.75 Å². The van der Waals surface area contributed by atoms with E-state index in [2.05, 4.69) is 4.98 Å². The predicted molar refractivity (Wildman–Crippen MR) is 71.4 cm³/mol. The van der Waals surface area contributed by atoms with Crippen LogP contribution in [0, 0.1) is 3.95 Å². The van der Waals surface area contributed by atoms with Gasteiger partial charge in [0.15, 0.2) is 3.95 Å². The third-order valence-electron chi connectivity index (χ3n) is 2.11. The second-order valence-corrected chi connectivity index (χ2v) is 4.76. The van der Waals surface area contributed by atoms with Crippen molar-refractivity contribution in [3.8, 4) is 5.75 Å². The van der Waals surface area contributed by atoms with E-state index in [1.807, 2.05) is 41.8 Å². The highest BCUT2D eigenvalue weighted by Gasteiger charge is 1.91.